The molecule has 1 aromatic heterocycles. The van der Waals surface area contributed by atoms with Crippen LogP contribution in [-0.4, -0.2) is 23.5 Å². The molecule has 0 fully saturated rings. The number of allylic oxidation sites excluding steroid dienone is 1. The number of nitrogens with zero attached hydrogens (tertiary/aromatic N) is 2. The Kier molecular flexibility index (Phi) is 4.90. The number of nitrogens with one attached hydrogen (secondary N) is 1. The molecule has 1 amide bonds. The number of halogens is 1. The summed E-state index contributed by atoms with van der Waals surface area (Å²) in [6.45, 7) is 6.77. The standard InChI is InChI=1S/C13H17N3O.BrH/c1-9(2)5-7-16-10(3)13(17)15-11-8-14-6-4-12(11)16;/h4-6,8,10H,7H2,1-3H3,(H,15,17);1H. The Bertz CT molecular complexity index is 469. The molecular formula is C13H18BrN3O. The van der Waals surface area contributed by atoms with Gasteiger partial charge in [0.25, 0.3) is 0 Å². The van der Waals surface area contributed by atoms with Crippen molar-refractivity contribution < 1.29 is 4.79 Å². The number of fused-ring (bicyclic) bond motifs is 1. The molecule has 0 saturated carbocycles. The molecule has 1 N–H and O–H groups in total. The molecule has 1 unspecified atom stereocenters. The second-order valence-corrected chi connectivity index (χ2v) is 4.49. The Balaban J connectivity index is 0.00000162. The Labute approximate surface area is 118 Å². The van der Waals surface area contributed by atoms with Crippen molar-refractivity contribution in [2.24, 2.45) is 0 Å². The molecule has 98 valence electrons. The molecule has 2 heterocycles. The molecule has 0 aromatic carbocycles. The maximum Gasteiger partial charge on any atom is 0.246 e. The molecule has 1 aliphatic rings. The lowest BCUT2D eigenvalue weighted by atomic mass is 10.1. The van der Waals surface area contributed by atoms with Gasteiger partial charge in [-0.25, -0.2) is 0 Å². The van der Waals surface area contributed by atoms with Crippen LogP contribution in [0.2, 0.25) is 0 Å². The first-order valence-electron chi connectivity index (χ1n) is 5.74. The average Bonchev–Trinajstić information content (AvgIpc) is 2.29. The van der Waals surface area contributed by atoms with Crippen LogP contribution in [0, 0.1) is 0 Å². The summed E-state index contributed by atoms with van der Waals surface area (Å²) in [5.41, 5.74) is 3.07. The summed E-state index contributed by atoms with van der Waals surface area (Å²) in [6.07, 6.45) is 5.56. The largest absolute Gasteiger partial charge is 0.354 e. The third-order valence-electron chi connectivity index (χ3n) is 2.91. The Morgan fingerprint density at radius 3 is 2.94 bits per heavy atom. The molecule has 1 atom stereocenters. The van der Waals surface area contributed by atoms with Crippen molar-refractivity contribution in [3.05, 3.63) is 30.1 Å². The maximum absolute atomic E-state index is 11.8. The van der Waals surface area contributed by atoms with Gasteiger partial charge in [0.05, 0.1) is 17.6 Å². The molecule has 18 heavy (non-hydrogen) atoms. The normalized spacial score (nSPS) is 17.4. The van der Waals surface area contributed by atoms with Crippen LogP contribution in [0.3, 0.4) is 0 Å². The molecule has 0 radical (unpaired) electrons. The highest BCUT2D eigenvalue weighted by atomic mass is 79.9. The van der Waals surface area contributed by atoms with Crippen LogP contribution < -0.4 is 10.2 Å². The van der Waals surface area contributed by atoms with E-state index in [-0.39, 0.29) is 28.9 Å². The highest BCUT2D eigenvalue weighted by Crippen LogP contribution is 2.30. The van der Waals surface area contributed by atoms with E-state index in [1.807, 2.05) is 13.0 Å². The molecule has 0 aliphatic carbocycles. The summed E-state index contributed by atoms with van der Waals surface area (Å²) in [5, 5.41) is 2.86. The van der Waals surface area contributed by atoms with Gasteiger partial charge in [0, 0.05) is 12.7 Å². The summed E-state index contributed by atoms with van der Waals surface area (Å²) >= 11 is 0. The van der Waals surface area contributed by atoms with E-state index < -0.39 is 0 Å². The quantitative estimate of drug-likeness (QED) is 0.854. The van der Waals surface area contributed by atoms with E-state index in [0.29, 0.717) is 0 Å². The zero-order chi connectivity index (χ0) is 12.4. The van der Waals surface area contributed by atoms with Gasteiger partial charge in [-0.15, -0.1) is 17.0 Å². The summed E-state index contributed by atoms with van der Waals surface area (Å²) in [4.78, 5) is 17.9. The van der Waals surface area contributed by atoms with Crippen LogP contribution in [0.15, 0.2) is 30.1 Å². The minimum atomic E-state index is -0.152. The Morgan fingerprint density at radius 1 is 1.56 bits per heavy atom. The van der Waals surface area contributed by atoms with E-state index in [2.05, 4.69) is 35.1 Å². The molecule has 4 nitrogen and oxygen atoms in total. The molecule has 0 bridgehead atoms. The van der Waals surface area contributed by atoms with Gasteiger partial charge < -0.3 is 10.2 Å². The highest BCUT2D eigenvalue weighted by Gasteiger charge is 2.28. The first kappa shape index (κ1) is 14.7. The average molecular weight is 312 g/mol. The van der Waals surface area contributed by atoms with Gasteiger partial charge in [0.2, 0.25) is 5.91 Å². The molecule has 0 spiro atoms. The van der Waals surface area contributed by atoms with Crippen molar-refractivity contribution in [2.45, 2.75) is 26.8 Å². The van der Waals surface area contributed by atoms with Gasteiger partial charge in [-0.1, -0.05) is 11.6 Å². The highest BCUT2D eigenvalue weighted by molar-refractivity contribution is 8.93. The molecule has 5 heteroatoms. The van der Waals surface area contributed by atoms with Crippen LogP contribution >= 0.6 is 17.0 Å². The van der Waals surface area contributed by atoms with Crippen LogP contribution in [-0.2, 0) is 4.79 Å². The van der Waals surface area contributed by atoms with Crippen molar-refractivity contribution in [3.8, 4) is 0 Å². The van der Waals surface area contributed by atoms with Crippen molar-refractivity contribution in [1.29, 1.82) is 0 Å². The van der Waals surface area contributed by atoms with Crippen LogP contribution in [0.1, 0.15) is 20.8 Å². The van der Waals surface area contributed by atoms with Gasteiger partial charge in [-0.2, -0.15) is 0 Å². The smallest absolute Gasteiger partial charge is 0.246 e. The van der Waals surface area contributed by atoms with Gasteiger partial charge in [-0.05, 0) is 26.8 Å². The summed E-state index contributed by atoms with van der Waals surface area (Å²) in [5.74, 6) is 0.0210. The molecular weight excluding hydrogens is 294 g/mol. The number of anilines is 2. The van der Waals surface area contributed by atoms with Crippen molar-refractivity contribution in [3.63, 3.8) is 0 Å². The number of rotatable bonds is 2. The zero-order valence-corrected chi connectivity index (χ0v) is 12.5. The van der Waals surface area contributed by atoms with Crippen molar-refractivity contribution in [1.82, 2.24) is 4.98 Å². The zero-order valence-electron chi connectivity index (χ0n) is 10.8. The van der Waals surface area contributed by atoms with Gasteiger partial charge in [-0.3, -0.25) is 9.78 Å². The Morgan fingerprint density at radius 2 is 2.28 bits per heavy atom. The van der Waals surface area contributed by atoms with E-state index >= 15 is 0 Å². The number of carbonyl (C=O) groups excluding carboxylic acids is 1. The van der Waals surface area contributed by atoms with E-state index in [4.69, 9.17) is 0 Å². The molecule has 1 aromatic rings. The van der Waals surface area contributed by atoms with Gasteiger partial charge in [0.1, 0.15) is 6.04 Å². The minimum Gasteiger partial charge on any atom is -0.354 e. The van der Waals surface area contributed by atoms with E-state index in [1.54, 1.807) is 12.4 Å². The maximum atomic E-state index is 11.8. The Hall–Kier alpha value is -1.36. The third-order valence-corrected chi connectivity index (χ3v) is 2.91. The predicted molar refractivity (Wildman–Crippen MR) is 79.4 cm³/mol. The minimum absolute atomic E-state index is 0. The van der Waals surface area contributed by atoms with Crippen LogP contribution in [0.5, 0.6) is 0 Å². The molecule has 1 aliphatic heterocycles. The van der Waals surface area contributed by atoms with E-state index in [9.17, 15) is 4.79 Å². The van der Waals surface area contributed by atoms with Crippen LogP contribution in [0.4, 0.5) is 11.4 Å². The van der Waals surface area contributed by atoms with Gasteiger partial charge in [0.15, 0.2) is 0 Å². The number of pyridine rings is 1. The monoisotopic (exact) mass is 311 g/mol. The van der Waals surface area contributed by atoms with E-state index in [0.717, 1.165) is 17.9 Å². The number of hydrogen-bond donors (Lipinski definition) is 1. The lowest BCUT2D eigenvalue weighted by molar-refractivity contribution is -0.117. The fourth-order valence-corrected chi connectivity index (χ4v) is 1.86. The third kappa shape index (κ3) is 2.90. The van der Waals surface area contributed by atoms with Crippen molar-refractivity contribution in [2.75, 3.05) is 16.8 Å². The summed E-state index contributed by atoms with van der Waals surface area (Å²) < 4.78 is 0. The topological polar surface area (TPSA) is 45.2 Å². The lowest BCUT2D eigenvalue weighted by Gasteiger charge is -2.35. The van der Waals surface area contributed by atoms with Crippen LogP contribution in [0.25, 0.3) is 0 Å². The lowest BCUT2D eigenvalue weighted by Crippen LogP contribution is -2.46. The predicted octanol–water partition coefficient (Wildman–Crippen LogP) is 2.77. The summed E-state index contributed by atoms with van der Waals surface area (Å²) in [7, 11) is 0. The number of hydrogen-bond acceptors (Lipinski definition) is 3. The molecule has 2 rings (SSSR count). The first-order valence-corrected chi connectivity index (χ1v) is 5.74. The van der Waals surface area contributed by atoms with E-state index in [1.165, 1.54) is 5.57 Å². The van der Waals surface area contributed by atoms with Crippen molar-refractivity contribution >= 4 is 34.3 Å². The number of amides is 1. The fourth-order valence-electron chi connectivity index (χ4n) is 1.86. The van der Waals surface area contributed by atoms with Gasteiger partial charge >= 0.3 is 0 Å². The number of aromatic nitrogens is 1. The molecule has 0 saturated heterocycles. The SMILES string of the molecule is Br.CC(C)=CCN1c2ccncc2NC(=O)C1C. The summed E-state index contributed by atoms with van der Waals surface area (Å²) in [6, 6.07) is 1.78. The number of carbonyl (C=O) groups is 1. The second kappa shape index (κ2) is 6.00. The fraction of sp³-hybridized carbons (Fsp3) is 0.385. The second-order valence-electron chi connectivity index (χ2n) is 4.49. The first-order chi connectivity index (χ1) is 8.09.